The number of benzene rings is 1. The minimum Gasteiger partial charge on any atom is -0.476 e. The molecule has 0 aliphatic rings. The number of aromatic carboxylic acids is 1. The van der Waals surface area contributed by atoms with Crippen LogP contribution < -0.4 is 4.74 Å². The van der Waals surface area contributed by atoms with Crippen molar-refractivity contribution in [1.82, 2.24) is 25.4 Å². The van der Waals surface area contributed by atoms with Crippen molar-refractivity contribution in [3.63, 3.8) is 0 Å². The smallest absolute Gasteiger partial charge is 0.362 e. The summed E-state index contributed by atoms with van der Waals surface area (Å²) in [6.07, 6.45) is 3.32. The van der Waals surface area contributed by atoms with Gasteiger partial charge in [-0.05, 0) is 30.2 Å². The van der Waals surface area contributed by atoms with E-state index in [1.54, 1.807) is 36.7 Å². The third-order valence-electron chi connectivity index (χ3n) is 2.62. The van der Waals surface area contributed by atoms with Crippen LogP contribution in [-0.2, 0) is 0 Å². The number of carboxylic acids is 1. The van der Waals surface area contributed by atoms with E-state index in [2.05, 4.69) is 37.2 Å². The lowest BCUT2D eigenvalue weighted by Crippen LogP contribution is -1.99. The molecule has 2 heterocycles. The Labute approximate surface area is 124 Å². The Hall–Kier alpha value is -3.60. The molecule has 0 bridgehead atoms. The fourth-order valence-corrected chi connectivity index (χ4v) is 1.62. The van der Waals surface area contributed by atoms with Crippen molar-refractivity contribution in [2.24, 2.45) is 0 Å². The molecule has 0 atom stereocenters. The molecular weight excluding hydrogens is 286 g/mol. The van der Waals surface area contributed by atoms with Crippen molar-refractivity contribution in [3.05, 3.63) is 53.7 Å². The van der Waals surface area contributed by atoms with Gasteiger partial charge >= 0.3 is 5.97 Å². The number of H-pyrrole nitrogens is 2. The van der Waals surface area contributed by atoms with E-state index in [0.29, 0.717) is 11.6 Å². The van der Waals surface area contributed by atoms with Crippen molar-refractivity contribution >= 4 is 5.97 Å². The first kappa shape index (κ1) is 13.4. The molecule has 0 fully saturated rings. The molecule has 8 nitrogen and oxygen atoms in total. The van der Waals surface area contributed by atoms with Crippen LogP contribution >= 0.6 is 0 Å². The van der Waals surface area contributed by atoms with Crippen molar-refractivity contribution in [1.29, 1.82) is 0 Å². The van der Waals surface area contributed by atoms with E-state index in [0.717, 1.165) is 5.56 Å². The zero-order valence-corrected chi connectivity index (χ0v) is 11.1. The van der Waals surface area contributed by atoms with E-state index in [-0.39, 0.29) is 11.6 Å². The number of hydrogen-bond acceptors (Lipinski definition) is 5. The van der Waals surface area contributed by atoms with Crippen LogP contribution in [0.1, 0.15) is 21.9 Å². The Bertz CT molecular complexity index is 841. The number of rotatable bonds is 3. The Morgan fingerprint density at radius 3 is 2.73 bits per heavy atom. The van der Waals surface area contributed by atoms with Crippen molar-refractivity contribution < 1.29 is 14.6 Å². The first-order chi connectivity index (χ1) is 10.7. The summed E-state index contributed by atoms with van der Waals surface area (Å²) in [5, 5.41) is 18.1. The number of nitrogens with zero attached hydrogens (tertiary/aromatic N) is 3. The van der Waals surface area contributed by atoms with Gasteiger partial charge in [0.1, 0.15) is 5.75 Å². The van der Waals surface area contributed by atoms with Crippen LogP contribution in [-0.4, -0.2) is 36.5 Å². The second-order valence-corrected chi connectivity index (χ2v) is 4.11. The van der Waals surface area contributed by atoms with Crippen molar-refractivity contribution in [2.45, 2.75) is 0 Å². The molecule has 3 N–H and O–H groups in total. The van der Waals surface area contributed by atoms with Crippen LogP contribution in [0.3, 0.4) is 0 Å². The Balaban J connectivity index is 1.74. The summed E-state index contributed by atoms with van der Waals surface area (Å²) in [6, 6.07) is 6.82. The Morgan fingerprint density at radius 1 is 1.23 bits per heavy atom. The fourth-order valence-electron chi connectivity index (χ4n) is 1.62. The Morgan fingerprint density at radius 2 is 2.05 bits per heavy atom. The van der Waals surface area contributed by atoms with Crippen molar-refractivity contribution in [2.75, 3.05) is 0 Å². The van der Waals surface area contributed by atoms with Gasteiger partial charge in [0.15, 0.2) is 5.82 Å². The molecule has 0 saturated heterocycles. The Kier molecular flexibility index (Phi) is 3.53. The predicted molar refractivity (Wildman–Crippen MR) is 74.4 cm³/mol. The first-order valence-corrected chi connectivity index (χ1v) is 6.16. The van der Waals surface area contributed by atoms with Gasteiger partial charge in [0.25, 0.3) is 5.88 Å². The molecule has 1 aromatic carbocycles. The van der Waals surface area contributed by atoms with E-state index in [1.165, 1.54) is 0 Å². The minimum atomic E-state index is -1.22. The lowest BCUT2D eigenvalue weighted by molar-refractivity contribution is 0.0687. The quantitative estimate of drug-likeness (QED) is 0.629. The number of imidazole rings is 1. The average Bonchev–Trinajstić information content (AvgIpc) is 3.17. The van der Waals surface area contributed by atoms with Gasteiger partial charge in [-0.1, -0.05) is 11.1 Å². The number of hydrogen-bond donors (Lipinski definition) is 3. The molecule has 0 spiro atoms. The van der Waals surface area contributed by atoms with E-state index in [4.69, 9.17) is 9.84 Å². The normalized spacial score (nSPS) is 9.82. The van der Waals surface area contributed by atoms with Gasteiger partial charge in [0.05, 0.1) is 0 Å². The second-order valence-electron chi connectivity index (χ2n) is 4.11. The zero-order valence-electron chi connectivity index (χ0n) is 11.1. The van der Waals surface area contributed by atoms with Crippen LogP contribution in [0.15, 0.2) is 36.7 Å². The molecule has 0 amide bonds. The summed E-state index contributed by atoms with van der Waals surface area (Å²) < 4.78 is 5.39. The predicted octanol–water partition coefficient (Wildman–Crippen LogP) is 1.42. The van der Waals surface area contributed by atoms with E-state index in [9.17, 15) is 4.79 Å². The second kappa shape index (κ2) is 5.80. The van der Waals surface area contributed by atoms with E-state index in [1.807, 2.05) is 0 Å². The van der Waals surface area contributed by atoms with Crippen LogP contribution in [0.4, 0.5) is 0 Å². The summed E-state index contributed by atoms with van der Waals surface area (Å²) in [7, 11) is 0. The third kappa shape index (κ3) is 2.94. The van der Waals surface area contributed by atoms with Crippen LogP contribution in [0.25, 0.3) is 0 Å². The number of carbonyl (C=O) groups is 1. The molecular formula is C14H9N5O3. The molecule has 2 aromatic heterocycles. The molecule has 0 aliphatic heterocycles. The highest BCUT2D eigenvalue weighted by atomic mass is 16.5. The standard InChI is InChI=1S/C14H9N5O3/c20-14(21)12-13(18-19-17-12)22-10-4-1-9(2-5-10)3-6-11-15-7-8-16-11/h1-2,4-5,7-8H,(H,15,16)(H,20,21)(H,17,18,19). The molecule has 8 heteroatoms. The van der Waals surface area contributed by atoms with Crippen molar-refractivity contribution in [3.8, 4) is 23.5 Å². The molecule has 0 saturated carbocycles. The average molecular weight is 295 g/mol. The van der Waals surface area contributed by atoms with Gasteiger partial charge in [-0.15, -0.1) is 5.10 Å². The summed E-state index contributed by atoms with van der Waals surface area (Å²) in [6.45, 7) is 0. The molecule has 108 valence electrons. The maximum absolute atomic E-state index is 10.9. The summed E-state index contributed by atoms with van der Waals surface area (Å²) in [4.78, 5) is 17.8. The van der Waals surface area contributed by atoms with Crippen LogP contribution in [0.5, 0.6) is 11.6 Å². The van der Waals surface area contributed by atoms with Gasteiger partial charge < -0.3 is 14.8 Å². The first-order valence-electron chi connectivity index (χ1n) is 6.16. The largest absolute Gasteiger partial charge is 0.476 e. The topological polar surface area (TPSA) is 117 Å². The van der Waals surface area contributed by atoms with Crippen LogP contribution in [0, 0.1) is 11.8 Å². The number of aromatic amines is 2. The van der Waals surface area contributed by atoms with Gasteiger partial charge in [0.2, 0.25) is 5.69 Å². The van der Waals surface area contributed by atoms with E-state index >= 15 is 0 Å². The number of nitrogens with one attached hydrogen (secondary N) is 2. The molecule has 0 aliphatic carbocycles. The highest BCUT2D eigenvalue weighted by molar-refractivity contribution is 5.87. The van der Waals surface area contributed by atoms with Gasteiger partial charge in [0, 0.05) is 18.0 Å². The molecule has 0 radical (unpaired) electrons. The molecule has 3 rings (SSSR count). The van der Waals surface area contributed by atoms with Crippen LogP contribution in [0.2, 0.25) is 0 Å². The lowest BCUT2D eigenvalue weighted by atomic mass is 10.2. The minimum absolute atomic E-state index is 0.0260. The third-order valence-corrected chi connectivity index (χ3v) is 2.62. The number of ether oxygens (including phenoxy) is 1. The summed E-state index contributed by atoms with van der Waals surface area (Å²) in [5.41, 5.74) is 0.492. The summed E-state index contributed by atoms with van der Waals surface area (Å²) in [5.74, 6) is 5.58. The highest BCUT2D eigenvalue weighted by Crippen LogP contribution is 2.21. The number of aromatic nitrogens is 5. The number of carboxylic acid groups (broad SMARTS) is 1. The molecule has 0 unspecified atom stereocenters. The molecule has 22 heavy (non-hydrogen) atoms. The monoisotopic (exact) mass is 295 g/mol. The molecule has 3 aromatic rings. The maximum atomic E-state index is 10.9. The van der Waals surface area contributed by atoms with E-state index < -0.39 is 5.97 Å². The van der Waals surface area contributed by atoms with Gasteiger partial charge in [-0.25, -0.2) is 14.9 Å². The fraction of sp³-hybridized carbons (Fsp3) is 0. The lowest BCUT2D eigenvalue weighted by Gasteiger charge is -2.02. The summed E-state index contributed by atoms with van der Waals surface area (Å²) >= 11 is 0. The SMILES string of the molecule is O=C(O)c1nn[nH]c1Oc1ccc(C#Cc2ncc[nH]2)cc1. The maximum Gasteiger partial charge on any atom is 0.362 e. The van der Waals surface area contributed by atoms with Gasteiger partial charge in [-0.3, -0.25) is 0 Å². The zero-order chi connectivity index (χ0) is 15.4. The highest BCUT2D eigenvalue weighted by Gasteiger charge is 2.16. The van der Waals surface area contributed by atoms with Gasteiger partial charge in [-0.2, -0.15) is 0 Å².